The van der Waals surface area contributed by atoms with Crippen molar-refractivity contribution in [1.82, 2.24) is 0 Å². The molecule has 4 heteroatoms. The van der Waals surface area contributed by atoms with Crippen molar-refractivity contribution >= 4 is 15.7 Å². The van der Waals surface area contributed by atoms with Gasteiger partial charge in [0.1, 0.15) is 0 Å². The maximum Gasteiger partial charge on any atom is 0.264 e. The SMILES string of the molecule is Cc1ccc(S(=O)(=O)N2CCc3cc4c(cc32)CCCCCC4)cc1. The van der Waals surface area contributed by atoms with Gasteiger partial charge in [-0.2, -0.15) is 0 Å². The quantitative estimate of drug-likeness (QED) is 0.800. The van der Waals surface area contributed by atoms with Crippen molar-refractivity contribution in [1.29, 1.82) is 0 Å². The third-order valence-corrected chi connectivity index (χ3v) is 7.33. The summed E-state index contributed by atoms with van der Waals surface area (Å²) in [5.41, 5.74) is 5.95. The first kappa shape index (κ1) is 16.6. The molecule has 0 atom stereocenters. The van der Waals surface area contributed by atoms with E-state index in [4.69, 9.17) is 0 Å². The summed E-state index contributed by atoms with van der Waals surface area (Å²) in [6.07, 6.45) is 8.06. The average Bonchev–Trinajstić information content (AvgIpc) is 2.98. The normalized spacial score (nSPS) is 17.6. The zero-order valence-electron chi connectivity index (χ0n) is 14.8. The lowest BCUT2D eigenvalue weighted by molar-refractivity contribution is 0.592. The first-order chi connectivity index (χ1) is 12.1. The van der Waals surface area contributed by atoms with Gasteiger partial charge in [-0.3, -0.25) is 4.31 Å². The number of hydrogen-bond donors (Lipinski definition) is 0. The van der Waals surface area contributed by atoms with Gasteiger partial charge in [-0.05, 0) is 73.9 Å². The predicted octanol–water partition coefficient (Wildman–Crippen LogP) is 4.41. The van der Waals surface area contributed by atoms with Crippen LogP contribution in [0.25, 0.3) is 0 Å². The van der Waals surface area contributed by atoms with Gasteiger partial charge in [0.05, 0.1) is 10.6 Å². The standard InChI is InChI=1S/C21H25NO2S/c1-16-8-10-20(11-9-16)25(23,24)22-13-12-19-14-17-6-4-2-3-5-7-18(17)15-21(19)22/h8-11,14-15H,2-7,12-13H2,1H3. The first-order valence-corrected chi connectivity index (χ1v) is 10.7. The van der Waals surface area contributed by atoms with Gasteiger partial charge in [0.2, 0.25) is 0 Å². The van der Waals surface area contributed by atoms with Crippen LogP contribution < -0.4 is 4.31 Å². The van der Waals surface area contributed by atoms with Gasteiger partial charge in [0, 0.05) is 6.54 Å². The summed E-state index contributed by atoms with van der Waals surface area (Å²) in [5, 5.41) is 0. The minimum Gasteiger partial charge on any atom is -0.266 e. The van der Waals surface area contributed by atoms with Crippen LogP contribution in [0.1, 0.15) is 47.9 Å². The highest BCUT2D eigenvalue weighted by Crippen LogP contribution is 2.36. The minimum absolute atomic E-state index is 0.387. The minimum atomic E-state index is -3.48. The second kappa shape index (κ2) is 6.49. The number of rotatable bonds is 2. The third-order valence-electron chi connectivity index (χ3n) is 5.51. The topological polar surface area (TPSA) is 37.4 Å². The van der Waals surface area contributed by atoms with E-state index in [9.17, 15) is 8.42 Å². The number of hydrogen-bond acceptors (Lipinski definition) is 2. The van der Waals surface area contributed by atoms with Gasteiger partial charge in [-0.15, -0.1) is 0 Å². The Morgan fingerprint density at radius 1 is 0.800 bits per heavy atom. The summed E-state index contributed by atoms with van der Waals surface area (Å²) >= 11 is 0. The highest BCUT2D eigenvalue weighted by atomic mass is 32.2. The Bertz CT molecular complexity index is 885. The molecule has 0 unspecified atom stereocenters. The lowest BCUT2D eigenvalue weighted by Crippen LogP contribution is -2.29. The molecule has 0 saturated carbocycles. The molecule has 0 bridgehead atoms. The maximum atomic E-state index is 13.1. The van der Waals surface area contributed by atoms with E-state index in [0.717, 1.165) is 30.5 Å². The smallest absolute Gasteiger partial charge is 0.264 e. The molecule has 1 aliphatic carbocycles. The zero-order chi connectivity index (χ0) is 17.4. The Hall–Kier alpha value is -1.81. The number of benzene rings is 2. The molecule has 2 aliphatic rings. The van der Waals surface area contributed by atoms with E-state index in [1.165, 1.54) is 42.4 Å². The maximum absolute atomic E-state index is 13.1. The van der Waals surface area contributed by atoms with Gasteiger partial charge in [0.15, 0.2) is 0 Å². The molecule has 0 spiro atoms. The van der Waals surface area contributed by atoms with Crippen LogP contribution in [-0.4, -0.2) is 15.0 Å². The molecule has 3 nitrogen and oxygen atoms in total. The molecule has 1 aliphatic heterocycles. The molecule has 25 heavy (non-hydrogen) atoms. The second-order valence-corrected chi connectivity index (χ2v) is 9.17. The molecule has 0 radical (unpaired) electrons. The Labute approximate surface area is 150 Å². The third kappa shape index (κ3) is 3.08. The molecule has 4 rings (SSSR count). The van der Waals surface area contributed by atoms with Crippen LogP contribution in [0.4, 0.5) is 5.69 Å². The van der Waals surface area contributed by atoms with E-state index < -0.39 is 10.0 Å². The van der Waals surface area contributed by atoms with Gasteiger partial charge in [-0.1, -0.05) is 36.6 Å². The molecule has 2 aromatic rings. The molecular weight excluding hydrogens is 330 g/mol. The van der Waals surface area contributed by atoms with Crippen LogP contribution in [0.2, 0.25) is 0 Å². The number of fused-ring (bicyclic) bond motifs is 2. The van der Waals surface area contributed by atoms with Gasteiger partial charge < -0.3 is 0 Å². The van der Waals surface area contributed by atoms with Crippen molar-refractivity contribution in [2.45, 2.75) is 56.8 Å². The Kier molecular flexibility index (Phi) is 4.32. The van der Waals surface area contributed by atoms with Crippen molar-refractivity contribution in [3.63, 3.8) is 0 Å². The zero-order valence-corrected chi connectivity index (χ0v) is 15.6. The molecule has 132 valence electrons. The molecule has 2 aromatic carbocycles. The second-order valence-electron chi connectivity index (χ2n) is 7.30. The van der Waals surface area contributed by atoms with Crippen LogP contribution in [-0.2, 0) is 29.3 Å². The first-order valence-electron chi connectivity index (χ1n) is 9.30. The fourth-order valence-electron chi connectivity index (χ4n) is 4.04. The summed E-state index contributed by atoms with van der Waals surface area (Å²) < 4.78 is 27.9. The fraction of sp³-hybridized carbons (Fsp3) is 0.429. The molecular formula is C21H25NO2S. The number of nitrogens with zero attached hydrogens (tertiary/aromatic N) is 1. The molecule has 0 N–H and O–H groups in total. The monoisotopic (exact) mass is 355 g/mol. The van der Waals surface area contributed by atoms with Crippen molar-refractivity contribution < 1.29 is 8.42 Å². The van der Waals surface area contributed by atoms with Crippen LogP contribution >= 0.6 is 0 Å². The van der Waals surface area contributed by atoms with Crippen LogP contribution in [0.3, 0.4) is 0 Å². The Morgan fingerprint density at radius 2 is 1.44 bits per heavy atom. The summed E-state index contributed by atoms with van der Waals surface area (Å²) in [6, 6.07) is 11.6. The van der Waals surface area contributed by atoms with Crippen molar-refractivity contribution in [3.8, 4) is 0 Å². The highest BCUT2D eigenvalue weighted by molar-refractivity contribution is 7.92. The van der Waals surface area contributed by atoms with Crippen LogP contribution in [0.5, 0.6) is 0 Å². The van der Waals surface area contributed by atoms with E-state index in [1.807, 2.05) is 19.1 Å². The number of sulfonamides is 1. The molecule has 0 saturated heterocycles. The van der Waals surface area contributed by atoms with E-state index in [2.05, 4.69) is 12.1 Å². The lowest BCUT2D eigenvalue weighted by Gasteiger charge is -2.22. The van der Waals surface area contributed by atoms with E-state index in [1.54, 1.807) is 16.4 Å². The summed E-state index contributed by atoms with van der Waals surface area (Å²) in [4.78, 5) is 0.387. The van der Waals surface area contributed by atoms with E-state index in [-0.39, 0.29) is 0 Å². The van der Waals surface area contributed by atoms with Crippen molar-refractivity contribution in [2.24, 2.45) is 0 Å². The summed E-state index contributed by atoms with van der Waals surface area (Å²) in [5.74, 6) is 0. The van der Waals surface area contributed by atoms with Crippen LogP contribution in [0, 0.1) is 6.92 Å². The van der Waals surface area contributed by atoms with Crippen molar-refractivity contribution in [3.05, 3.63) is 58.7 Å². The molecule has 0 amide bonds. The predicted molar refractivity (Wildman–Crippen MR) is 102 cm³/mol. The van der Waals surface area contributed by atoms with Crippen LogP contribution in [0.15, 0.2) is 41.3 Å². The van der Waals surface area contributed by atoms with E-state index >= 15 is 0 Å². The fourth-order valence-corrected chi connectivity index (χ4v) is 5.53. The molecule has 1 heterocycles. The molecule has 0 fully saturated rings. The van der Waals surface area contributed by atoms with Gasteiger partial charge in [0.25, 0.3) is 10.0 Å². The summed E-state index contributed by atoms with van der Waals surface area (Å²) in [6.45, 7) is 2.52. The number of aryl methyl sites for hydroxylation is 3. The molecule has 0 aromatic heterocycles. The Balaban J connectivity index is 1.73. The van der Waals surface area contributed by atoms with Crippen molar-refractivity contribution in [2.75, 3.05) is 10.8 Å². The number of anilines is 1. The largest absolute Gasteiger partial charge is 0.266 e. The average molecular weight is 356 g/mol. The van der Waals surface area contributed by atoms with E-state index in [0.29, 0.717) is 11.4 Å². The van der Waals surface area contributed by atoms with Gasteiger partial charge in [-0.25, -0.2) is 8.42 Å². The summed E-state index contributed by atoms with van der Waals surface area (Å²) in [7, 11) is -3.48. The highest BCUT2D eigenvalue weighted by Gasteiger charge is 2.31. The van der Waals surface area contributed by atoms with Gasteiger partial charge >= 0.3 is 0 Å². The lowest BCUT2D eigenvalue weighted by atomic mass is 9.91. The Morgan fingerprint density at radius 3 is 2.12 bits per heavy atom.